The van der Waals surface area contributed by atoms with Crippen molar-refractivity contribution in [3.8, 4) is 0 Å². The Labute approximate surface area is 80.6 Å². The molecule has 5 heteroatoms. The van der Waals surface area contributed by atoms with E-state index in [1.807, 2.05) is 0 Å². The summed E-state index contributed by atoms with van der Waals surface area (Å²) in [4.78, 5) is 13.0. The molecule has 1 amide bonds. The van der Waals surface area contributed by atoms with Crippen LogP contribution >= 0.6 is 0 Å². The molecule has 0 radical (unpaired) electrons. The zero-order chi connectivity index (χ0) is 10.1. The Morgan fingerprint density at radius 2 is 2.07 bits per heavy atom. The molecule has 1 aromatic rings. The summed E-state index contributed by atoms with van der Waals surface area (Å²) in [6.45, 7) is 0.344. The number of carbonyl (C=O) groups is 1. The van der Waals surface area contributed by atoms with Crippen LogP contribution in [0.5, 0.6) is 0 Å². The van der Waals surface area contributed by atoms with Crippen LogP contribution in [0.25, 0.3) is 0 Å². The van der Waals surface area contributed by atoms with Crippen LogP contribution < -0.4 is 0 Å². The molecule has 0 aliphatic carbocycles. The minimum absolute atomic E-state index is 0.172. The Kier molecular flexibility index (Phi) is 2.26. The van der Waals surface area contributed by atoms with Crippen LogP contribution in [-0.4, -0.2) is 46.3 Å². The van der Waals surface area contributed by atoms with Gasteiger partial charge in [0.25, 0.3) is 5.91 Å². The first-order valence-electron chi connectivity index (χ1n) is 4.36. The molecule has 1 aliphatic heterocycles. The first-order valence-corrected chi connectivity index (χ1v) is 4.36. The number of hydrogen-bond donors (Lipinski definition) is 2. The third kappa shape index (κ3) is 1.51. The van der Waals surface area contributed by atoms with E-state index in [0.717, 1.165) is 0 Å². The molecule has 76 valence electrons. The monoisotopic (exact) mass is 197 g/mol. The molecular weight excluding hydrogens is 186 g/mol. The van der Waals surface area contributed by atoms with Crippen molar-refractivity contribution in [1.29, 1.82) is 0 Å². The van der Waals surface area contributed by atoms with Gasteiger partial charge in [-0.2, -0.15) is 0 Å². The summed E-state index contributed by atoms with van der Waals surface area (Å²) >= 11 is 0. The summed E-state index contributed by atoms with van der Waals surface area (Å²) in [5, 5.41) is 18.5. The van der Waals surface area contributed by atoms with E-state index in [9.17, 15) is 15.0 Å². The van der Waals surface area contributed by atoms with Crippen LogP contribution in [0.3, 0.4) is 0 Å². The van der Waals surface area contributed by atoms with Crippen molar-refractivity contribution in [3.05, 3.63) is 24.2 Å². The van der Waals surface area contributed by atoms with Gasteiger partial charge in [0.15, 0.2) is 0 Å². The van der Waals surface area contributed by atoms with Gasteiger partial charge in [-0.25, -0.2) is 0 Å². The normalized spacial score (nSPS) is 26.9. The van der Waals surface area contributed by atoms with Gasteiger partial charge in [-0.15, -0.1) is 0 Å². The molecular formula is C9H11NO4. The second-order valence-electron chi connectivity index (χ2n) is 3.36. The number of aliphatic hydroxyl groups is 2. The lowest BCUT2D eigenvalue weighted by Crippen LogP contribution is -2.29. The van der Waals surface area contributed by atoms with E-state index in [4.69, 9.17) is 4.42 Å². The smallest absolute Gasteiger partial charge is 0.257 e. The van der Waals surface area contributed by atoms with Gasteiger partial charge in [-0.1, -0.05) is 0 Å². The molecule has 5 nitrogen and oxygen atoms in total. The molecule has 0 unspecified atom stereocenters. The summed E-state index contributed by atoms with van der Waals surface area (Å²) in [5.74, 6) is -0.227. The van der Waals surface area contributed by atoms with Gasteiger partial charge in [0.2, 0.25) is 0 Å². The molecule has 0 aromatic carbocycles. The quantitative estimate of drug-likeness (QED) is 0.634. The average molecular weight is 197 g/mol. The molecule has 1 saturated heterocycles. The van der Waals surface area contributed by atoms with Gasteiger partial charge in [0.05, 0.1) is 24.0 Å². The summed E-state index contributed by atoms with van der Waals surface area (Å²) < 4.78 is 4.78. The van der Waals surface area contributed by atoms with E-state index >= 15 is 0 Å². The second kappa shape index (κ2) is 3.43. The average Bonchev–Trinajstić information content (AvgIpc) is 2.76. The van der Waals surface area contributed by atoms with Crippen molar-refractivity contribution in [3.63, 3.8) is 0 Å². The fraction of sp³-hybridized carbons (Fsp3) is 0.444. The Hall–Kier alpha value is -1.33. The van der Waals surface area contributed by atoms with Crippen molar-refractivity contribution in [1.82, 2.24) is 4.90 Å². The number of nitrogens with zero attached hydrogens (tertiary/aromatic N) is 1. The van der Waals surface area contributed by atoms with Crippen LogP contribution in [0.2, 0.25) is 0 Å². The molecule has 2 N–H and O–H groups in total. The van der Waals surface area contributed by atoms with Gasteiger partial charge in [0.1, 0.15) is 6.26 Å². The Morgan fingerprint density at radius 1 is 1.43 bits per heavy atom. The minimum atomic E-state index is -0.842. The maximum atomic E-state index is 11.6. The van der Waals surface area contributed by atoms with Crippen LogP contribution in [0.15, 0.2) is 23.0 Å². The Balaban J connectivity index is 2.07. The van der Waals surface area contributed by atoms with E-state index in [1.54, 1.807) is 6.07 Å². The van der Waals surface area contributed by atoms with Crippen LogP contribution in [-0.2, 0) is 0 Å². The molecule has 2 heterocycles. The summed E-state index contributed by atoms with van der Waals surface area (Å²) in [7, 11) is 0. The van der Waals surface area contributed by atoms with Crippen molar-refractivity contribution in [2.45, 2.75) is 12.2 Å². The lowest BCUT2D eigenvalue weighted by Gasteiger charge is -2.13. The molecule has 2 rings (SSSR count). The predicted molar refractivity (Wildman–Crippen MR) is 46.6 cm³/mol. The summed E-state index contributed by atoms with van der Waals surface area (Å²) in [5.41, 5.74) is 0.436. The molecule has 1 aliphatic rings. The van der Waals surface area contributed by atoms with E-state index in [1.165, 1.54) is 17.4 Å². The topological polar surface area (TPSA) is 73.9 Å². The van der Waals surface area contributed by atoms with Crippen molar-refractivity contribution in [2.75, 3.05) is 13.1 Å². The molecule has 1 fully saturated rings. The van der Waals surface area contributed by atoms with Crippen LogP contribution in [0.4, 0.5) is 0 Å². The number of hydrogen-bond acceptors (Lipinski definition) is 4. The number of furan rings is 1. The van der Waals surface area contributed by atoms with Gasteiger partial charge in [-0.05, 0) is 6.07 Å². The fourth-order valence-electron chi connectivity index (χ4n) is 1.50. The predicted octanol–water partition coefficient (Wildman–Crippen LogP) is -0.543. The zero-order valence-electron chi connectivity index (χ0n) is 7.46. The van der Waals surface area contributed by atoms with Crippen molar-refractivity contribution >= 4 is 5.91 Å². The third-order valence-corrected chi connectivity index (χ3v) is 2.31. The second-order valence-corrected chi connectivity index (χ2v) is 3.36. The maximum Gasteiger partial charge on any atom is 0.257 e. The first kappa shape index (κ1) is 9.23. The van der Waals surface area contributed by atoms with E-state index in [0.29, 0.717) is 5.56 Å². The SMILES string of the molecule is O=C(c1ccoc1)N1C[C@@H](O)[C@@H](O)C1. The number of β-amino-alcohol motifs (C(OH)–C–C–N with tert-alkyl or cyclic N) is 2. The number of likely N-dealkylation sites (tertiary alicyclic amines) is 1. The molecule has 1 aromatic heterocycles. The first-order chi connectivity index (χ1) is 6.68. The zero-order valence-corrected chi connectivity index (χ0v) is 7.46. The number of carbonyl (C=O) groups excluding carboxylic acids is 1. The van der Waals surface area contributed by atoms with Crippen LogP contribution in [0.1, 0.15) is 10.4 Å². The molecule has 0 saturated carbocycles. The van der Waals surface area contributed by atoms with Crippen molar-refractivity contribution in [2.24, 2.45) is 0 Å². The third-order valence-electron chi connectivity index (χ3n) is 2.31. The van der Waals surface area contributed by atoms with E-state index in [-0.39, 0.29) is 19.0 Å². The molecule has 14 heavy (non-hydrogen) atoms. The van der Waals surface area contributed by atoms with E-state index < -0.39 is 12.2 Å². The lowest BCUT2D eigenvalue weighted by molar-refractivity contribution is 0.0572. The number of amides is 1. The van der Waals surface area contributed by atoms with Gasteiger partial charge in [-0.3, -0.25) is 4.79 Å². The largest absolute Gasteiger partial charge is 0.472 e. The highest BCUT2D eigenvalue weighted by Crippen LogP contribution is 2.14. The Morgan fingerprint density at radius 3 is 2.57 bits per heavy atom. The number of aliphatic hydroxyl groups excluding tert-OH is 2. The number of rotatable bonds is 1. The van der Waals surface area contributed by atoms with Gasteiger partial charge < -0.3 is 19.5 Å². The van der Waals surface area contributed by atoms with Crippen molar-refractivity contribution < 1.29 is 19.4 Å². The fourth-order valence-corrected chi connectivity index (χ4v) is 1.50. The molecule has 0 bridgehead atoms. The maximum absolute atomic E-state index is 11.6. The van der Waals surface area contributed by atoms with Gasteiger partial charge >= 0.3 is 0 Å². The molecule has 0 spiro atoms. The van der Waals surface area contributed by atoms with Gasteiger partial charge in [0, 0.05) is 13.1 Å². The lowest BCUT2D eigenvalue weighted by atomic mass is 10.3. The minimum Gasteiger partial charge on any atom is -0.472 e. The van der Waals surface area contributed by atoms with Crippen LogP contribution in [0, 0.1) is 0 Å². The van der Waals surface area contributed by atoms with E-state index in [2.05, 4.69) is 0 Å². The highest BCUT2D eigenvalue weighted by atomic mass is 16.3. The standard InChI is InChI=1S/C9H11NO4/c11-7-3-10(4-8(7)12)9(13)6-1-2-14-5-6/h1-2,5,7-8,11-12H,3-4H2/t7-,8+. The molecule has 2 atom stereocenters. The summed E-state index contributed by atoms with van der Waals surface area (Å²) in [6.07, 6.45) is 1.08. The summed E-state index contributed by atoms with van der Waals surface area (Å²) in [6, 6.07) is 1.55. The Bertz CT molecular complexity index is 312. The highest BCUT2D eigenvalue weighted by Gasteiger charge is 2.33. The highest BCUT2D eigenvalue weighted by molar-refractivity contribution is 5.94.